The molecule has 0 unspecified atom stereocenters. The molecule has 0 saturated carbocycles. The normalized spacial score (nSPS) is 10.8. The molecule has 3 rings (SSSR count). The van der Waals surface area contributed by atoms with Gasteiger partial charge in [-0.25, -0.2) is 9.36 Å². The van der Waals surface area contributed by atoms with E-state index in [1.807, 2.05) is 0 Å². The van der Waals surface area contributed by atoms with E-state index in [1.54, 1.807) is 36.5 Å². The van der Waals surface area contributed by atoms with Crippen molar-refractivity contribution in [3.63, 3.8) is 0 Å². The Bertz CT molecular complexity index is 868. The number of H-pyrrole nitrogens is 1. The Hall–Kier alpha value is -2.40. The molecule has 0 atom stereocenters. The standard InChI is InChI=1S/C13H8ClN3O2/c14-9-4-1-5-10-11(9)12(18)17(13(19)16-10)8-3-2-6-15-7-8/h1-7H,(H,16,19). The molecule has 0 fully saturated rings. The van der Waals surface area contributed by atoms with Crippen LogP contribution in [0.2, 0.25) is 5.02 Å². The smallest absolute Gasteiger partial charge is 0.306 e. The molecule has 1 aromatic carbocycles. The van der Waals surface area contributed by atoms with Crippen LogP contribution in [0.25, 0.3) is 16.6 Å². The van der Waals surface area contributed by atoms with Crippen molar-refractivity contribution in [1.29, 1.82) is 0 Å². The molecule has 19 heavy (non-hydrogen) atoms. The van der Waals surface area contributed by atoms with Gasteiger partial charge in [-0.1, -0.05) is 17.7 Å². The quantitative estimate of drug-likeness (QED) is 0.734. The summed E-state index contributed by atoms with van der Waals surface area (Å²) >= 11 is 6.02. The Labute approximate surface area is 112 Å². The maximum absolute atomic E-state index is 12.4. The first-order valence-electron chi connectivity index (χ1n) is 5.52. The number of fused-ring (bicyclic) bond motifs is 1. The molecule has 0 aliphatic rings. The summed E-state index contributed by atoms with van der Waals surface area (Å²) in [4.78, 5) is 30.9. The van der Waals surface area contributed by atoms with E-state index in [4.69, 9.17) is 11.6 Å². The highest BCUT2D eigenvalue weighted by atomic mass is 35.5. The fraction of sp³-hybridized carbons (Fsp3) is 0. The lowest BCUT2D eigenvalue weighted by Gasteiger charge is -2.06. The zero-order valence-corrected chi connectivity index (χ0v) is 10.4. The summed E-state index contributed by atoms with van der Waals surface area (Å²) in [5, 5.41) is 0.587. The van der Waals surface area contributed by atoms with E-state index < -0.39 is 11.2 Å². The average molecular weight is 274 g/mol. The molecule has 0 amide bonds. The van der Waals surface area contributed by atoms with Gasteiger partial charge in [0.1, 0.15) is 0 Å². The minimum atomic E-state index is -0.521. The number of hydrogen-bond donors (Lipinski definition) is 1. The summed E-state index contributed by atoms with van der Waals surface area (Å²) in [6.45, 7) is 0. The highest BCUT2D eigenvalue weighted by Crippen LogP contribution is 2.17. The van der Waals surface area contributed by atoms with Crippen LogP contribution >= 0.6 is 11.6 Å². The molecule has 2 heterocycles. The van der Waals surface area contributed by atoms with Crippen molar-refractivity contribution in [1.82, 2.24) is 14.5 Å². The molecular weight excluding hydrogens is 266 g/mol. The van der Waals surface area contributed by atoms with Crippen LogP contribution in [0.4, 0.5) is 0 Å². The highest BCUT2D eigenvalue weighted by molar-refractivity contribution is 6.35. The summed E-state index contributed by atoms with van der Waals surface area (Å²) in [7, 11) is 0. The number of aromatic nitrogens is 3. The fourth-order valence-corrected chi connectivity index (χ4v) is 2.20. The average Bonchev–Trinajstić information content (AvgIpc) is 2.39. The number of halogens is 1. The Morgan fingerprint density at radius 2 is 2.00 bits per heavy atom. The Morgan fingerprint density at radius 1 is 1.16 bits per heavy atom. The lowest BCUT2D eigenvalue weighted by atomic mass is 10.2. The first-order chi connectivity index (χ1) is 9.18. The number of hydrogen-bond acceptors (Lipinski definition) is 3. The number of benzene rings is 1. The Kier molecular flexibility index (Phi) is 2.68. The van der Waals surface area contributed by atoms with E-state index >= 15 is 0 Å². The lowest BCUT2D eigenvalue weighted by Crippen LogP contribution is -2.33. The topological polar surface area (TPSA) is 67.8 Å². The Balaban J connectivity index is 2.49. The van der Waals surface area contributed by atoms with Gasteiger partial charge in [-0.05, 0) is 24.3 Å². The molecule has 3 aromatic rings. The largest absolute Gasteiger partial charge is 0.333 e. The minimum absolute atomic E-state index is 0.285. The van der Waals surface area contributed by atoms with Gasteiger partial charge in [0.15, 0.2) is 0 Å². The van der Waals surface area contributed by atoms with Gasteiger partial charge in [0.2, 0.25) is 0 Å². The number of pyridine rings is 1. The molecule has 1 N–H and O–H groups in total. The van der Waals surface area contributed by atoms with Crippen molar-refractivity contribution < 1.29 is 0 Å². The van der Waals surface area contributed by atoms with Crippen LogP contribution in [0.15, 0.2) is 52.3 Å². The summed E-state index contributed by atoms with van der Waals surface area (Å²) < 4.78 is 1.02. The summed E-state index contributed by atoms with van der Waals surface area (Å²) in [5.74, 6) is 0. The van der Waals surface area contributed by atoms with Crippen molar-refractivity contribution in [2.24, 2.45) is 0 Å². The van der Waals surface area contributed by atoms with Crippen molar-refractivity contribution in [3.05, 3.63) is 68.6 Å². The van der Waals surface area contributed by atoms with Crippen molar-refractivity contribution in [2.45, 2.75) is 0 Å². The fourth-order valence-electron chi connectivity index (χ4n) is 1.94. The van der Waals surface area contributed by atoms with Crippen LogP contribution in [-0.2, 0) is 0 Å². The number of nitrogens with one attached hydrogen (secondary N) is 1. The number of rotatable bonds is 1. The molecule has 0 spiro atoms. The zero-order valence-electron chi connectivity index (χ0n) is 9.63. The third kappa shape index (κ3) is 1.84. The second kappa shape index (κ2) is 4.37. The first-order valence-corrected chi connectivity index (χ1v) is 5.90. The minimum Gasteiger partial charge on any atom is -0.306 e. The van der Waals surface area contributed by atoms with E-state index in [0.29, 0.717) is 16.2 Å². The van der Waals surface area contributed by atoms with Gasteiger partial charge in [-0.15, -0.1) is 0 Å². The molecule has 2 aromatic heterocycles. The van der Waals surface area contributed by atoms with Crippen molar-refractivity contribution in [3.8, 4) is 5.69 Å². The molecule has 0 radical (unpaired) electrons. The predicted molar refractivity (Wildman–Crippen MR) is 73.0 cm³/mol. The second-order valence-electron chi connectivity index (χ2n) is 3.94. The molecular formula is C13H8ClN3O2. The SMILES string of the molecule is O=c1[nH]c2cccc(Cl)c2c(=O)n1-c1cccnc1. The van der Waals surface area contributed by atoms with Gasteiger partial charge < -0.3 is 4.98 Å². The third-order valence-corrected chi connectivity index (χ3v) is 3.09. The van der Waals surface area contributed by atoms with Crippen LogP contribution in [0.3, 0.4) is 0 Å². The van der Waals surface area contributed by atoms with Crippen LogP contribution in [0.5, 0.6) is 0 Å². The van der Waals surface area contributed by atoms with Gasteiger partial charge in [0.05, 0.1) is 27.8 Å². The monoisotopic (exact) mass is 273 g/mol. The van der Waals surface area contributed by atoms with E-state index in [0.717, 1.165) is 4.57 Å². The van der Waals surface area contributed by atoms with Gasteiger partial charge >= 0.3 is 5.69 Å². The molecule has 0 aliphatic heterocycles. The van der Waals surface area contributed by atoms with E-state index in [2.05, 4.69) is 9.97 Å². The molecule has 6 heteroatoms. The summed E-state index contributed by atoms with van der Waals surface area (Å²) in [6, 6.07) is 8.20. The van der Waals surface area contributed by atoms with Crippen LogP contribution in [0, 0.1) is 0 Å². The Morgan fingerprint density at radius 3 is 2.74 bits per heavy atom. The van der Waals surface area contributed by atoms with E-state index in [9.17, 15) is 9.59 Å². The summed E-state index contributed by atoms with van der Waals surface area (Å²) in [5.41, 5.74) is -0.164. The predicted octanol–water partition coefficient (Wildman–Crippen LogP) is 1.73. The molecule has 0 aliphatic carbocycles. The molecule has 94 valence electrons. The van der Waals surface area contributed by atoms with Crippen LogP contribution in [0.1, 0.15) is 0 Å². The third-order valence-electron chi connectivity index (χ3n) is 2.78. The zero-order chi connectivity index (χ0) is 13.4. The van der Waals surface area contributed by atoms with Crippen molar-refractivity contribution >= 4 is 22.5 Å². The first kappa shape index (κ1) is 11.7. The maximum atomic E-state index is 12.4. The highest BCUT2D eigenvalue weighted by Gasteiger charge is 2.11. The van der Waals surface area contributed by atoms with Crippen molar-refractivity contribution in [2.75, 3.05) is 0 Å². The lowest BCUT2D eigenvalue weighted by molar-refractivity contribution is 0.895. The van der Waals surface area contributed by atoms with Crippen LogP contribution < -0.4 is 11.2 Å². The summed E-state index contributed by atoms with van der Waals surface area (Å²) in [6.07, 6.45) is 3.01. The molecule has 0 bridgehead atoms. The number of aromatic amines is 1. The van der Waals surface area contributed by atoms with Gasteiger partial charge in [0, 0.05) is 6.20 Å². The number of nitrogens with zero attached hydrogens (tertiary/aromatic N) is 2. The van der Waals surface area contributed by atoms with Gasteiger partial charge in [0.25, 0.3) is 5.56 Å². The maximum Gasteiger partial charge on any atom is 0.333 e. The van der Waals surface area contributed by atoms with Crippen LogP contribution in [-0.4, -0.2) is 14.5 Å². The molecule has 0 saturated heterocycles. The molecule has 5 nitrogen and oxygen atoms in total. The van der Waals surface area contributed by atoms with E-state index in [-0.39, 0.29) is 5.39 Å². The van der Waals surface area contributed by atoms with Gasteiger partial charge in [-0.2, -0.15) is 0 Å². The second-order valence-corrected chi connectivity index (χ2v) is 4.35. The van der Waals surface area contributed by atoms with E-state index in [1.165, 1.54) is 6.20 Å². The van der Waals surface area contributed by atoms with Gasteiger partial charge in [-0.3, -0.25) is 9.78 Å².